The van der Waals surface area contributed by atoms with Gasteiger partial charge < -0.3 is 18.9 Å². The van der Waals surface area contributed by atoms with Crippen LogP contribution in [0.15, 0.2) is 40.9 Å². The second-order valence-corrected chi connectivity index (χ2v) is 5.78. The molecule has 2 aromatic carbocycles. The first-order valence-corrected chi connectivity index (χ1v) is 7.95. The van der Waals surface area contributed by atoms with E-state index in [1.165, 1.54) is 6.07 Å². The predicted octanol–water partition coefficient (Wildman–Crippen LogP) is 4.22. The number of rotatable bonds is 5. The van der Waals surface area contributed by atoms with Crippen LogP contribution in [0, 0.1) is 5.82 Å². The van der Waals surface area contributed by atoms with Gasteiger partial charge in [-0.3, -0.25) is 0 Å². The fourth-order valence-electron chi connectivity index (χ4n) is 2.30. The molecule has 1 aliphatic heterocycles. The molecule has 0 radical (unpaired) electrons. The number of hydrogen-bond donors (Lipinski definition) is 0. The molecule has 1 heterocycles. The summed E-state index contributed by atoms with van der Waals surface area (Å²) in [7, 11) is 1.62. The highest BCUT2D eigenvalue weighted by Gasteiger charge is 2.26. The summed E-state index contributed by atoms with van der Waals surface area (Å²) >= 11 is 3.25. The van der Waals surface area contributed by atoms with Gasteiger partial charge >= 0.3 is 0 Å². The molecule has 0 amide bonds. The lowest BCUT2D eigenvalue weighted by Crippen LogP contribution is -2.06. The van der Waals surface area contributed by atoms with E-state index in [4.69, 9.17) is 18.9 Å². The lowest BCUT2D eigenvalue weighted by molar-refractivity contribution is -0.0466. The first-order valence-electron chi connectivity index (χ1n) is 7.16. The monoisotopic (exact) mass is 382 g/mol. The minimum absolute atomic E-state index is 0.302. The minimum atomic E-state index is -0.619. The van der Waals surface area contributed by atoms with E-state index in [9.17, 15) is 4.39 Å². The SMILES string of the molecule is COc1ccc(COc2ccc(F)c(Br)c2C2OCCO2)cc1. The summed E-state index contributed by atoms with van der Waals surface area (Å²) in [6.45, 7) is 1.30. The third-order valence-corrected chi connectivity index (χ3v) is 4.31. The molecule has 0 spiro atoms. The fraction of sp³-hybridized carbons (Fsp3) is 0.294. The molecule has 1 aliphatic rings. The summed E-state index contributed by atoms with van der Waals surface area (Å²) in [6, 6.07) is 10.5. The molecule has 3 rings (SSSR count). The molecule has 1 saturated heterocycles. The normalized spacial score (nSPS) is 14.9. The van der Waals surface area contributed by atoms with Crippen molar-refractivity contribution < 1.29 is 23.3 Å². The fourth-order valence-corrected chi connectivity index (χ4v) is 2.82. The lowest BCUT2D eigenvalue weighted by Gasteiger charge is -2.17. The van der Waals surface area contributed by atoms with Crippen molar-refractivity contribution in [3.8, 4) is 11.5 Å². The van der Waals surface area contributed by atoms with E-state index < -0.39 is 6.29 Å². The van der Waals surface area contributed by atoms with E-state index >= 15 is 0 Å². The standard InChI is InChI=1S/C17H16BrFO4/c1-20-12-4-2-11(3-5-12)10-23-14-7-6-13(19)16(18)15(14)17-21-8-9-22-17/h2-7,17H,8-10H2,1H3. The highest BCUT2D eigenvalue weighted by Crippen LogP contribution is 2.38. The van der Waals surface area contributed by atoms with Crippen molar-refractivity contribution in [2.45, 2.75) is 12.9 Å². The van der Waals surface area contributed by atoms with Crippen LogP contribution in [-0.4, -0.2) is 20.3 Å². The number of halogens is 2. The van der Waals surface area contributed by atoms with Crippen LogP contribution in [0.25, 0.3) is 0 Å². The van der Waals surface area contributed by atoms with Crippen molar-refractivity contribution in [2.75, 3.05) is 20.3 Å². The highest BCUT2D eigenvalue weighted by atomic mass is 79.9. The Morgan fingerprint density at radius 3 is 2.48 bits per heavy atom. The van der Waals surface area contributed by atoms with Crippen LogP contribution in [0.1, 0.15) is 17.4 Å². The van der Waals surface area contributed by atoms with Crippen LogP contribution in [0.4, 0.5) is 4.39 Å². The van der Waals surface area contributed by atoms with Gasteiger partial charge in [-0.15, -0.1) is 0 Å². The number of hydrogen-bond acceptors (Lipinski definition) is 4. The van der Waals surface area contributed by atoms with Crippen molar-refractivity contribution >= 4 is 15.9 Å². The molecular weight excluding hydrogens is 367 g/mol. The molecule has 2 aromatic rings. The number of ether oxygens (including phenoxy) is 4. The van der Waals surface area contributed by atoms with Crippen molar-refractivity contribution in [3.63, 3.8) is 0 Å². The van der Waals surface area contributed by atoms with Gasteiger partial charge in [0.1, 0.15) is 23.9 Å². The Hall–Kier alpha value is -1.63. The molecule has 1 fully saturated rings. The molecule has 23 heavy (non-hydrogen) atoms. The van der Waals surface area contributed by atoms with Crippen LogP contribution in [0.2, 0.25) is 0 Å². The van der Waals surface area contributed by atoms with Gasteiger partial charge in [-0.25, -0.2) is 4.39 Å². The maximum Gasteiger partial charge on any atom is 0.188 e. The van der Waals surface area contributed by atoms with Gasteiger partial charge in [0.15, 0.2) is 6.29 Å². The van der Waals surface area contributed by atoms with E-state index in [0.29, 0.717) is 35.6 Å². The van der Waals surface area contributed by atoms with Crippen LogP contribution in [-0.2, 0) is 16.1 Å². The predicted molar refractivity (Wildman–Crippen MR) is 86.1 cm³/mol. The Morgan fingerprint density at radius 1 is 1.13 bits per heavy atom. The summed E-state index contributed by atoms with van der Waals surface area (Å²) in [5.41, 5.74) is 1.52. The van der Waals surface area contributed by atoms with E-state index in [1.807, 2.05) is 24.3 Å². The van der Waals surface area contributed by atoms with E-state index in [0.717, 1.165) is 11.3 Å². The van der Waals surface area contributed by atoms with Crippen molar-refractivity contribution in [1.82, 2.24) is 0 Å². The summed E-state index contributed by atoms with van der Waals surface area (Å²) in [4.78, 5) is 0. The van der Waals surface area contributed by atoms with Crippen LogP contribution < -0.4 is 9.47 Å². The molecule has 6 heteroatoms. The van der Waals surface area contributed by atoms with E-state index in [-0.39, 0.29) is 5.82 Å². The van der Waals surface area contributed by atoms with Gasteiger partial charge in [0, 0.05) is 0 Å². The lowest BCUT2D eigenvalue weighted by atomic mass is 10.1. The third kappa shape index (κ3) is 3.65. The Bertz CT molecular complexity index is 669. The van der Waals surface area contributed by atoms with Crippen molar-refractivity contribution in [1.29, 1.82) is 0 Å². The third-order valence-electron chi connectivity index (χ3n) is 3.50. The first kappa shape index (κ1) is 16.2. The van der Waals surface area contributed by atoms with Gasteiger partial charge in [0.2, 0.25) is 0 Å². The van der Waals surface area contributed by atoms with Crippen LogP contribution >= 0.6 is 15.9 Å². The van der Waals surface area contributed by atoms with Crippen LogP contribution in [0.3, 0.4) is 0 Å². The Balaban J connectivity index is 1.80. The Morgan fingerprint density at radius 2 is 1.83 bits per heavy atom. The second-order valence-electron chi connectivity index (χ2n) is 4.98. The zero-order valence-corrected chi connectivity index (χ0v) is 14.1. The smallest absolute Gasteiger partial charge is 0.188 e. The molecule has 0 atom stereocenters. The van der Waals surface area contributed by atoms with E-state index in [2.05, 4.69) is 15.9 Å². The maximum atomic E-state index is 13.8. The quantitative estimate of drug-likeness (QED) is 0.775. The summed E-state index contributed by atoms with van der Waals surface area (Å²) in [6.07, 6.45) is -0.619. The van der Waals surface area contributed by atoms with Gasteiger partial charge in [0.25, 0.3) is 0 Å². The van der Waals surface area contributed by atoms with E-state index in [1.54, 1.807) is 13.2 Å². The molecule has 0 N–H and O–H groups in total. The molecule has 0 aliphatic carbocycles. The zero-order chi connectivity index (χ0) is 16.2. The minimum Gasteiger partial charge on any atom is -0.497 e. The molecular formula is C17H16BrFO4. The van der Waals surface area contributed by atoms with Gasteiger partial charge in [-0.1, -0.05) is 12.1 Å². The Labute approximate surface area is 142 Å². The highest BCUT2D eigenvalue weighted by molar-refractivity contribution is 9.10. The molecule has 4 nitrogen and oxygen atoms in total. The summed E-state index contributed by atoms with van der Waals surface area (Å²) in [5.74, 6) is 0.934. The molecule has 0 aromatic heterocycles. The van der Waals surface area contributed by atoms with Crippen LogP contribution in [0.5, 0.6) is 11.5 Å². The second kappa shape index (κ2) is 7.29. The maximum absolute atomic E-state index is 13.8. The van der Waals surface area contributed by atoms with Gasteiger partial charge in [0.05, 0.1) is 30.4 Å². The largest absolute Gasteiger partial charge is 0.497 e. The average molecular weight is 383 g/mol. The molecule has 0 saturated carbocycles. The topological polar surface area (TPSA) is 36.9 Å². The van der Waals surface area contributed by atoms with Crippen molar-refractivity contribution in [3.05, 3.63) is 57.8 Å². The van der Waals surface area contributed by atoms with Crippen molar-refractivity contribution in [2.24, 2.45) is 0 Å². The zero-order valence-electron chi connectivity index (χ0n) is 12.6. The summed E-state index contributed by atoms with van der Waals surface area (Å²) in [5, 5.41) is 0. The van der Waals surface area contributed by atoms with Gasteiger partial charge in [-0.2, -0.15) is 0 Å². The molecule has 0 bridgehead atoms. The van der Waals surface area contributed by atoms with Gasteiger partial charge in [-0.05, 0) is 45.8 Å². The Kier molecular flexibility index (Phi) is 5.15. The molecule has 0 unspecified atom stereocenters. The number of benzene rings is 2. The summed E-state index contributed by atoms with van der Waals surface area (Å²) < 4.78 is 36.1. The molecule has 122 valence electrons. The first-order chi connectivity index (χ1) is 11.2. The number of methoxy groups -OCH3 is 1. The average Bonchev–Trinajstić information content (AvgIpc) is 3.10.